The van der Waals surface area contributed by atoms with Gasteiger partial charge in [-0.15, -0.1) is 11.3 Å². The molecule has 31 heavy (non-hydrogen) atoms. The third-order valence-electron chi connectivity index (χ3n) is 4.70. The maximum atomic E-state index is 13.4. The fourth-order valence-corrected chi connectivity index (χ4v) is 3.63. The number of carbonyl (C=O) groups is 1. The molecule has 0 aliphatic rings. The van der Waals surface area contributed by atoms with Gasteiger partial charge in [-0.1, -0.05) is 18.2 Å². The molecule has 3 aromatic rings. The third-order valence-corrected chi connectivity index (χ3v) is 5.53. The highest BCUT2D eigenvalue weighted by atomic mass is 32.1. The Kier molecular flexibility index (Phi) is 7.83. The Morgan fingerprint density at radius 1 is 1.13 bits per heavy atom. The van der Waals surface area contributed by atoms with Gasteiger partial charge in [0, 0.05) is 32.2 Å². The van der Waals surface area contributed by atoms with E-state index in [-0.39, 0.29) is 24.9 Å². The normalized spacial score (nSPS) is 10.6. The minimum Gasteiger partial charge on any atom is -0.493 e. The van der Waals surface area contributed by atoms with Crippen molar-refractivity contribution in [3.63, 3.8) is 0 Å². The summed E-state index contributed by atoms with van der Waals surface area (Å²) < 4.78 is 24.7. The molecule has 0 bridgehead atoms. The van der Waals surface area contributed by atoms with Gasteiger partial charge in [0.2, 0.25) is 5.91 Å². The summed E-state index contributed by atoms with van der Waals surface area (Å²) in [6, 6.07) is 12.1. The number of nitrogens with zero attached hydrogens (tertiary/aromatic N) is 3. The van der Waals surface area contributed by atoms with Gasteiger partial charge in [-0.05, 0) is 41.8 Å². The van der Waals surface area contributed by atoms with E-state index < -0.39 is 0 Å². The van der Waals surface area contributed by atoms with Crippen LogP contribution in [-0.4, -0.2) is 50.1 Å². The Bertz CT molecular complexity index is 995. The number of anilines is 1. The predicted octanol–water partition coefficient (Wildman–Crippen LogP) is 4.01. The fourth-order valence-electron chi connectivity index (χ4n) is 2.96. The Labute approximate surface area is 185 Å². The summed E-state index contributed by atoms with van der Waals surface area (Å²) in [7, 11) is 5.08. The van der Waals surface area contributed by atoms with Crippen molar-refractivity contribution in [2.45, 2.75) is 13.0 Å². The zero-order chi connectivity index (χ0) is 22.2. The van der Waals surface area contributed by atoms with Crippen LogP contribution in [0.25, 0.3) is 0 Å². The van der Waals surface area contributed by atoms with E-state index in [2.05, 4.69) is 4.98 Å². The summed E-state index contributed by atoms with van der Waals surface area (Å²) >= 11 is 1.51. The van der Waals surface area contributed by atoms with Gasteiger partial charge in [-0.3, -0.25) is 4.79 Å². The molecule has 1 amide bonds. The lowest BCUT2D eigenvalue weighted by Gasteiger charge is -2.23. The van der Waals surface area contributed by atoms with Gasteiger partial charge in [0.15, 0.2) is 16.6 Å². The molecule has 6 nitrogen and oxygen atoms in total. The number of aromatic nitrogens is 1. The standard InChI is InChI=1S/C23H26FN3O3S/c1-26(2)22(28)15-27(23-25-10-12-31-23)11-9-17-7-8-20(21(14-17)29-3)30-16-18-5-4-6-19(24)13-18/h4-8,10,12-14H,9,11,15-16H2,1-3H3. The van der Waals surface area contributed by atoms with Gasteiger partial charge >= 0.3 is 0 Å². The highest BCUT2D eigenvalue weighted by Crippen LogP contribution is 2.29. The number of likely N-dealkylation sites (N-methyl/N-ethyl adjacent to an activating group) is 1. The molecule has 0 atom stereocenters. The Morgan fingerprint density at radius 2 is 1.97 bits per heavy atom. The minimum absolute atomic E-state index is 0.0221. The molecule has 0 spiro atoms. The van der Waals surface area contributed by atoms with Crippen molar-refractivity contribution in [2.24, 2.45) is 0 Å². The average molecular weight is 444 g/mol. The van der Waals surface area contributed by atoms with Crippen molar-refractivity contribution >= 4 is 22.4 Å². The number of carbonyl (C=O) groups excluding carboxylic acids is 1. The Hall–Kier alpha value is -3.13. The highest BCUT2D eigenvalue weighted by molar-refractivity contribution is 7.13. The number of methoxy groups -OCH3 is 1. The summed E-state index contributed by atoms with van der Waals surface area (Å²) in [5.74, 6) is 0.934. The molecular formula is C23H26FN3O3S. The molecule has 2 aromatic carbocycles. The van der Waals surface area contributed by atoms with Crippen molar-refractivity contribution in [2.75, 3.05) is 39.2 Å². The van der Waals surface area contributed by atoms with Crippen molar-refractivity contribution in [1.82, 2.24) is 9.88 Å². The number of benzene rings is 2. The van der Waals surface area contributed by atoms with Crippen LogP contribution in [0.15, 0.2) is 54.0 Å². The van der Waals surface area contributed by atoms with E-state index in [1.165, 1.54) is 23.5 Å². The second-order valence-corrected chi connectivity index (χ2v) is 8.05. The van der Waals surface area contributed by atoms with E-state index in [1.807, 2.05) is 34.5 Å². The summed E-state index contributed by atoms with van der Waals surface area (Å²) in [5.41, 5.74) is 1.80. The van der Waals surface area contributed by atoms with Gasteiger partial charge in [-0.2, -0.15) is 0 Å². The first-order valence-electron chi connectivity index (χ1n) is 9.85. The molecule has 1 heterocycles. The maximum Gasteiger partial charge on any atom is 0.241 e. The SMILES string of the molecule is COc1cc(CCN(CC(=O)N(C)C)c2nccs2)ccc1OCc1cccc(F)c1. The number of hydrogen-bond acceptors (Lipinski definition) is 6. The molecule has 0 saturated heterocycles. The molecule has 1 aromatic heterocycles. The van der Waals surface area contributed by atoms with Crippen molar-refractivity contribution in [3.8, 4) is 11.5 Å². The quantitative estimate of drug-likeness (QED) is 0.474. The second-order valence-electron chi connectivity index (χ2n) is 7.18. The molecule has 0 fully saturated rings. The van der Waals surface area contributed by atoms with Gasteiger partial charge < -0.3 is 19.3 Å². The van der Waals surface area contributed by atoms with Crippen LogP contribution in [0.4, 0.5) is 9.52 Å². The van der Waals surface area contributed by atoms with Crippen LogP contribution >= 0.6 is 11.3 Å². The molecule has 0 unspecified atom stereocenters. The first-order chi connectivity index (χ1) is 15.0. The molecular weight excluding hydrogens is 417 g/mol. The zero-order valence-electron chi connectivity index (χ0n) is 17.9. The van der Waals surface area contributed by atoms with Crippen molar-refractivity contribution < 1.29 is 18.7 Å². The van der Waals surface area contributed by atoms with Crippen LogP contribution in [0.1, 0.15) is 11.1 Å². The van der Waals surface area contributed by atoms with Crippen LogP contribution in [0.5, 0.6) is 11.5 Å². The van der Waals surface area contributed by atoms with E-state index in [4.69, 9.17) is 9.47 Å². The third kappa shape index (κ3) is 6.42. The first kappa shape index (κ1) is 22.6. The van der Waals surface area contributed by atoms with Crippen LogP contribution in [0.3, 0.4) is 0 Å². The predicted molar refractivity (Wildman–Crippen MR) is 120 cm³/mol. The monoisotopic (exact) mass is 443 g/mol. The number of ether oxygens (including phenoxy) is 2. The Morgan fingerprint density at radius 3 is 2.65 bits per heavy atom. The molecule has 0 radical (unpaired) electrons. The maximum absolute atomic E-state index is 13.4. The van der Waals surface area contributed by atoms with E-state index in [9.17, 15) is 9.18 Å². The molecule has 0 aliphatic carbocycles. The van der Waals surface area contributed by atoms with E-state index in [0.29, 0.717) is 24.5 Å². The van der Waals surface area contributed by atoms with Crippen LogP contribution in [0, 0.1) is 5.82 Å². The molecule has 0 aliphatic heterocycles. The van der Waals surface area contributed by atoms with Crippen LogP contribution < -0.4 is 14.4 Å². The lowest BCUT2D eigenvalue weighted by molar-refractivity contribution is -0.127. The van der Waals surface area contributed by atoms with E-state index in [0.717, 1.165) is 16.3 Å². The molecule has 0 saturated carbocycles. The van der Waals surface area contributed by atoms with Crippen molar-refractivity contribution in [1.29, 1.82) is 0 Å². The highest BCUT2D eigenvalue weighted by Gasteiger charge is 2.16. The molecule has 3 rings (SSSR count). The molecule has 8 heteroatoms. The fraction of sp³-hybridized carbons (Fsp3) is 0.304. The van der Waals surface area contributed by atoms with Crippen molar-refractivity contribution in [3.05, 3.63) is 71.0 Å². The summed E-state index contributed by atoms with van der Waals surface area (Å²) in [6.45, 7) is 1.16. The first-order valence-corrected chi connectivity index (χ1v) is 10.7. The van der Waals surface area contributed by atoms with Gasteiger partial charge in [0.25, 0.3) is 0 Å². The number of rotatable bonds is 10. The lowest BCUT2D eigenvalue weighted by atomic mass is 10.1. The van der Waals surface area contributed by atoms with Gasteiger partial charge in [-0.25, -0.2) is 9.37 Å². The van der Waals surface area contributed by atoms with Gasteiger partial charge in [0.05, 0.1) is 13.7 Å². The second kappa shape index (κ2) is 10.8. The van der Waals surface area contributed by atoms with E-state index >= 15 is 0 Å². The van der Waals surface area contributed by atoms with Crippen LogP contribution in [-0.2, 0) is 17.8 Å². The molecule has 0 N–H and O–H groups in total. The number of thiazole rings is 1. The number of hydrogen-bond donors (Lipinski definition) is 0. The molecule has 164 valence electrons. The largest absolute Gasteiger partial charge is 0.493 e. The smallest absolute Gasteiger partial charge is 0.241 e. The number of amides is 1. The average Bonchev–Trinajstić information content (AvgIpc) is 3.30. The Balaban J connectivity index is 1.66. The number of halogens is 1. The van der Waals surface area contributed by atoms with Crippen LogP contribution in [0.2, 0.25) is 0 Å². The van der Waals surface area contributed by atoms with E-state index in [1.54, 1.807) is 38.4 Å². The summed E-state index contributed by atoms with van der Waals surface area (Å²) in [5, 5.41) is 2.72. The zero-order valence-corrected chi connectivity index (χ0v) is 18.7. The lowest BCUT2D eigenvalue weighted by Crippen LogP contribution is -2.37. The minimum atomic E-state index is -0.291. The summed E-state index contributed by atoms with van der Waals surface area (Å²) in [4.78, 5) is 20.1. The summed E-state index contributed by atoms with van der Waals surface area (Å²) in [6.07, 6.45) is 2.45. The van der Waals surface area contributed by atoms with Gasteiger partial charge in [0.1, 0.15) is 12.4 Å². The topological polar surface area (TPSA) is 54.9 Å².